The standard InChI is InChI=1S/C38H32N4O2Si.Pt/c1-38(2,3)26-19-20-39-36(21-26)42-32-14-10-9-13-30(32)31-17-15-28(22-33(31)42)43-29-16-18-35-34(23-29)41-25-40(27-11-7-6-8-12-27)24-37(41)44-45(35,4)5;/h6-21,24H,1-5H3;/q-2;. The van der Waals surface area contributed by atoms with Crippen molar-refractivity contribution in [2.45, 2.75) is 39.3 Å². The second-order valence-electron chi connectivity index (χ2n) is 13.0. The van der Waals surface area contributed by atoms with Gasteiger partial charge in [0.15, 0.2) is 0 Å². The van der Waals surface area contributed by atoms with Gasteiger partial charge in [0.25, 0.3) is 6.33 Å². The van der Waals surface area contributed by atoms with Gasteiger partial charge in [-0.1, -0.05) is 62.7 Å². The third-order valence-electron chi connectivity index (χ3n) is 8.45. The maximum atomic E-state index is 6.54. The number of hydrogen-bond donors (Lipinski definition) is 0. The average molecular weight is 800 g/mol. The Hall–Kier alpha value is -4.45. The number of nitrogens with zero attached hydrogens (tertiary/aromatic N) is 4. The zero-order valence-corrected chi connectivity index (χ0v) is 29.5. The van der Waals surface area contributed by atoms with Crippen molar-refractivity contribution in [3.63, 3.8) is 0 Å². The molecule has 0 atom stereocenters. The van der Waals surface area contributed by atoms with Crippen molar-refractivity contribution in [2.24, 2.45) is 0 Å². The molecule has 1 aliphatic rings. The summed E-state index contributed by atoms with van der Waals surface area (Å²) in [5.41, 5.74) is 5.12. The second-order valence-corrected chi connectivity index (χ2v) is 16.8. The van der Waals surface area contributed by atoms with Crippen molar-refractivity contribution in [1.29, 1.82) is 0 Å². The molecule has 0 radical (unpaired) electrons. The van der Waals surface area contributed by atoms with Crippen molar-refractivity contribution in [2.75, 3.05) is 0 Å². The quantitative estimate of drug-likeness (QED) is 0.105. The van der Waals surface area contributed by atoms with Gasteiger partial charge in [0.2, 0.25) is 14.2 Å². The van der Waals surface area contributed by atoms with Crippen LogP contribution in [0.2, 0.25) is 13.1 Å². The number of imidazole rings is 1. The van der Waals surface area contributed by atoms with Crippen LogP contribution < -0.4 is 18.9 Å². The molecule has 8 heteroatoms. The van der Waals surface area contributed by atoms with Gasteiger partial charge in [-0.25, -0.2) is 4.98 Å². The van der Waals surface area contributed by atoms with E-state index in [2.05, 4.69) is 118 Å². The predicted molar refractivity (Wildman–Crippen MR) is 179 cm³/mol. The average Bonchev–Trinajstić information content (AvgIpc) is 3.60. The summed E-state index contributed by atoms with van der Waals surface area (Å²) in [6, 6.07) is 38.1. The summed E-state index contributed by atoms with van der Waals surface area (Å²) in [5.74, 6) is 2.82. The third kappa shape index (κ3) is 5.08. The smallest absolute Gasteiger partial charge is 0.270 e. The van der Waals surface area contributed by atoms with Gasteiger partial charge in [0.1, 0.15) is 5.82 Å². The second kappa shape index (κ2) is 11.1. The first kappa shape index (κ1) is 30.2. The first-order valence-electron chi connectivity index (χ1n) is 15.1. The summed E-state index contributed by atoms with van der Waals surface area (Å²) in [6.45, 7) is 11.1. The van der Waals surface area contributed by atoms with Crippen molar-refractivity contribution >= 4 is 35.3 Å². The van der Waals surface area contributed by atoms with Gasteiger partial charge >= 0.3 is 0 Å². The molecule has 6 nitrogen and oxygen atoms in total. The molecule has 3 aromatic heterocycles. The number of hydrogen-bond acceptors (Lipinski definition) is 3. The first-order valence-corrected chi connectivity index (χ1v) is 18.1. The Balaban J connectivity index is 0.00000338. The van der Waals surface area contributed by atoms with E-state index in [1.807, 2.05) is 51.9 Å². The van der Waals surface area contributed by atoms with E-state index in [0.29, 0.717) is 11.5 Å². The van der Waals surface area contributed by atoms with Gasteiger partial charge < -0.3 is 13.7 Å². The molecule has 0 aliphatic carbocycles. The molecule has 46 heavy (non-hydrogen) atoms. The normalized spacial score (nSPS) is 13.5. The Bertz CT molecular complexity index is 2250. The minimum Gasteiger partial charge on any atom is -0.560 e. The molecule has 0 saturated heterocycles. The largest absolute Gasteiger partial charge is 0.560 e. The molecule has 0 spiro atoms. The van der Waals surface area contributed by atoms with Crippen LogP contribution in [0.15, 0.2) is 103 Å². The van der Waals surface area contributed by atoms with Crippen LogP contribution in [0.1, 0.15) is 26.3 Å². The Morgan fingerprint density at radius 1 is 0.848 bits per heavy atom. The van der Waals surface area contributed by atoms with Gasteiger partial charge in [0.05, 0.1) is 11.9 Å². The van der Waals surface area contributed by atoms with Crippen LogP contribution in [0.25, 0.3) is 39.0 Å². The number of para-hydroxylation sites is 2. The summed E-state index contributed by atoms with van der Waals surface area (Å²) in [4.78, 5) is 4.80. The summed E-state index contributed by atoms with van der Waals surface area (Å²) in [7, 11) is -2.24. The molecule has 8 rings (SSSR count). The summed E-state index contributed by atoms with van der Waals surface area (Å²) in [5, 5.41) is 3.38. The zero-order chi connectivity index (χ0) is 30.9. The SMILES string of the molecule is CC(C)(C)c1ccnc(-n2c3[c-]c(Oc4[c-]c5c(cc4)[Si](C)(C)Oc4c[n+](-c6ccccc6)[c-]n4-5)ccc3c3ccccc32)c1.[Pt]. The number of ether oxygens (including phenoxy) is 1. The molecule has 7 aromatic rings. The topological polar surface area (TPSA) is 45.1 Å². The van der Waals surface area contributed by atoms with E-state index in [-0.39, 0.29) is 26.5 Å². The Morgan fingerprint density at radius 3 is 2.39 bits per heavy atom. The molecule has 0 amide bonds. The third-order valence-corrected chi connectivity index (χ3v) is 10.9. The maximum absolute atomic E-state index is 6.54. The van der Waals surface area contributed by atoms with E-state index >= 15 is 0 Å². The van der Waals surface area contributed by atoms with Crippen molar-refractivity contribution in [3.8, 4) is 34.6 Å². The molecule has 0 bridgehead atoms. The van der Waals surface area contributed by atoms with Crippen LogP contribution in [-0.2, 0) is 26.5 Å². The molecule has 0 fully saturated rings. The fraction of sp³-hybridized carbons (Fsp3) is 0.158. The number of aromatic nitrogens is 4. The van der Waals surface area contributed by atoms with Crippen LogP contribution in [0.3, 0.4) is 0 Å². The van der Waals surface area contributed by atoms with Crippen molar-refractivity contribution in [3.05, 3.63) is 127 Å². The van der Waals surface area contributed by atoms with Crippen molar-refractivity contribution < 1.29 is 34.8 Å². The zero-order valence-electron chi connectivity index (χ0n) is 26.2. The van der Waals surface area contributed by atoms with Crippen LogP contribution >= 0.6 is 0 Å². The molecule has 4 heterocycles. The van der Waals surface area contributed by atoms with E-state index in [4.69, 9.17) is 14.1 Å². The molecular weight excluding hydrogens is 768 g/mol. The fourth-order valence-electron chi connectivity index (χ4n) is 6.11. The van der Waals surface area contributed by atoms with E-state index < -0.39 is 8.32 Å². The van der Waals surface area contributed by atoms with Gasteiger partial charge in [-0.15, -0.1) is 34.8 Å². The minimum absolute atomic E-state index is 0. The van der Waals surface area contributed by atoms with Crippen LogP contribution in [-0.4, -0.2) is 22.4 Å². The Morgan fingerprint density at radius 2 is 1.59 bits per heavy atom. The van der Waals surface area contributed by atoms with E-state index in [9.17, 15) is 0 Å². The maximum Gasteiger partial charge on any atom is 0.270 e. The van der Waals surface area contributed by atoms with Crippen LogP contribution in [0, 0.1) is 18.5 Å². The minimum atomic E-state index is -2.24. The number of pyridine rings is 1. The molecule has 4 aromatic carbocycles. The fourth-order valence-corrected chi connectivity index (χ4v) is 8.11. The van der Waals surface area contributed by atoms with Crippen LogP contribution in [0.4, 0.5) is 0 Å². The molecule has 0 unspecified atom stereocenters. The number of benzene rings is 4. The Labute approximate surface area is 284 Å². The van der Waals surface area contributed by atoms with Gasteiger partial charge in [-0.2, -0.15) is 12.1 Å². The summed E-state index contributed by atoms with van der Waals surface area (Å²) >= 11 is 0. The molecule has 1 aliphatic heterocycles. The Kier molecular flexibility index (Phi) is 7.30. The predicted octanol–water partition coefficient (Wildman–Crippen LogP) is 7.54. The molecular formula is C38H32N4O2PtSi-2. The monoisotopic (exact) mass is 799 g/mol. The van der Waals surface area contributed by atoms with Gasteiger partial charge in [-0.05, 0) is 65.5 Å². The molecule has 0 N–H and O–H groups in total. The van der Waals surface area contributed by atoms with E-state index in [1.165, 1.54) is 5.56 Å². The summed E-state index contributed by atoms with van der Waals surface area (Å²) in [6.07, 6.45) is 7.31. The number of rotatable bonds is 4. The number of fused-ring (bicyclic) bond motifs is 6. The van der Waals surface area contributed by atoms with E-state index in [1.54, 1.807) is 0 Å². The van der Waals surface area contributed by atoms with Crippen molar-refractivity contribution in [1.82, 2.24) is 14.1 Å². The summed E-state index contributed by atoms with van der Waals surface area (Å²) < 4.78 is 19.1. The van der Waals surface area contributed by atoms with Gasteiger partial charge in [0, 0.05) is 44.3 Å². The molecule has 232 valence electrons. The van der Waals surface area contributed by atoms with Crippen LogP contribution in [0.5, 0.6) is 17.4 Å². The molecule has 0 saturated carbocycles. The first-order chi connectivity index (χ1) is 21.7. The van der Waals surface area contributed by atoms with Gasteiger partial charge in [-0.3, -0.25) is 9.13 Å². The van der Waals surface area contributed by atoms with E-state index in [0.717, 1.165) is 50.1 Å².